The number of pyridine rings is 1. The van der Waals surface area contributed by atoms with Crippen molar-refractivity contribution in [3.63, 3.8) is 0 Å². The number of hydrogen-bond donors (Lipinski definition) is 1. The Balaban J connectivity index is 2.00. The highest BCUT2D eigenvalue weighted by atomic mass is 16.5. The Hall–Kier alpha value is -1.87. The highest BCUT2D eigenvalue weighted by Gasteiger charge is 2.02. The van der Waals surface area contributed by atoms with Crippen LogP contribution in [0, 0.1) is 0 Å². The van der Waals surface area contributed by atoms with Crippen LogP contribution >= 0.6 is 0 Å². The van der Waals surface area contributed by atoms with Crippen molar-refractivity contribution < 1.29 is 4.74 Å². The van der Waals surface area contributed by atoms with Gasteiger partial charge in [-0.15, -0.1) is 0 Å². The molecule has 1 unspecified atom stereocenters. The fourth-order valence-corrected chi connectivity index (χ4v) is 1.68. The summed E-state index contributed by atoms with van der Waals surface area (Å²) in [4.78, 5) is 4.01. The van der Waals surface area contributed by atoms with Crippen LogP contribution in [0.1, 0.15) is 18.9 Å². The van der Waals surface area contributed by atoms with Crippen LogP contribution in [0.4, 0.5) is 0 Å². The second-order valence-electron chi connectivity index (χ2n) is 4.31. The molecule has 2 rings (SSSR count). The molecule has 2 N–H and O–H groups in total. The second kappa shape index (κ2) is 6.17. The molecule has 0 saturated carbocycles. The molecule has 0 fully saturated rings. The molecule has 1 atom stereocenters. The highest BCUT2D eigenvalue weighted by Crippen LogP contribution is 2.20. The van der Waals surface area contributed by atoms with Crippen LogP contribution in [-0.4, -0.2) is 11.0 Å². The fraction of sp³-hybridized carbons (Fsp3) is 0.267. The number of ether oxygens (including phenoxy) is 1. The monoisotopic (exact) mass is 242 g/mol. The summed E-state index contributed by atoms with van der Waals surface area (Å²) in [5.74, 6) is 1.56. The van der Waals surface area contributed by atoms with Gasteiger partial charge in [0.25, 0.3) is 0 Å². The van der Waals surface area contributed by atoms with E-state index in [4.69, 9.17) is 10.5 Å². The summed E-state index contributed by atoms with van der Waals surface area (Å²) in [6.45, 7) is 2.10. The first kappa shape index (κ1) is 12.6. The molecule has 1 heterocycles. The number of rotatable bonds is 5. The Bertz CT molecular complexity index is 468. The van der Waals surface area contributed by atoms with Crippen molar-refractivity contribution in [3.05, 3.63) is 54.4 Å². The lowest BCUT2D eigenvalue weighted by atomic mass is 10.0. The van der Waals surface area contributed by atoms with Gasteiger partial charge < -0.3 is 10.5 Å². The van der Waals surface area contributed by atoms with Crippen molar-refractivity contribution in [1.82, 2.24) is 4.98 Å². The van der Waals surface area contributed by atoms with Crippen molar-refractivity contribution in [1.29, 1.82) is 0 Å². The first-order valence-electron chi connectivity index (χ1n) is 6.20. The molecule has 2 aromatic rings. The van der Waals surface area contributed by atoms with E-state index in [1.54, 1.807) is 12.4 Å². The molecule has 0 aliphatic carbocycles. The lowest BCUT2D eigenvalue weighted by molar-refractivity contribution is 0.480. The molecule has 0 radical (unpaired) electrons. The molecule has 1 aromatic heterocycles. The van der Waals surface area contributed by atoms with E-state index in [9.17, 15) is 0 Å². The van der Waals surface area contributed by atoms with Gasteiger partial charge in [-0.3, -0.25) is 4.98 Å². The van der Waals surface area contributed by atoms with Crippen LogP contribution in [0.2, 0.25) is 0 Å². The summed E-state index contributed by atoms with van der Waals surface area (Å²) >= 11 is 0. The number of aromatic nitrogens is 1. The molecule has 3 nitrogen and oxygen atoms in total. The van der Waals surface area contributed by atoms with Crippen LogP contribution < -0.4 is 10.5 Å². The lowest BCUT2D eigenvalue weighted by Crippen LogP contribution is -2.21. The molecule has 0 spiro atoms. The minimum Gasteiger partial charge on any atom is -0.456 e. The zero-order valence-corrected chi connectivity index (χ0v) is 10.5. The quantitative estimate of drug-likeness (QED) is 0.876. The van der Waals surface area contributed by atoms with E-state index < -0.39 is 0 Å². The smallest absolute Gasteiger partial charge is 0.145 e. The maximum atomic E-state index is 5.93. The number of benzene rings is 1. The number of nitrogens with zero attached hydrogens (tertiary/aromatic N) is 1. The van der Waals surface area contributed by atoms with Crippen LogP contribution in [-0.2, 0) is 6.42 Å². The molecule has 0 aliphatic heterocycles. The summed E-state index contributed by atoms with van der Waals surface area (Å²) in [5, 5.41) is 0. The maximum Gasteiger partial charge on any atom is 0.145 e. The average Bonchev–Trinajstić information content (AvgIpc) is 2.42. The Morgan fingerprint density at radius 3 is 2.56 bits per heavy atom. The third-order valence-corrected chi connectivity index (χ3v) is 2.82. The maximum absolute atomic E-state index is 5.93. The van der Waals surface area contributed by atoms with Crippen molar-refractivity contribution in [2.75, 3.05) is 0 Å². The van der Waals surface area contributed by atoms with E-state index in [-0.39, 0.29) is 6.04 Å². The first-order chi connectivity index (χ1) is 8.78. The Kier molecular flexibility index (Phi) is 4.31. The largest absolute Gasteiger partial charge is 0.456 e. The van der Waals surface area contributed by atoms with Gasteiger partial charge in [0, 0.05) is 12.2 Å². The normalized spacial score (nSPS) is 12.1. The van der Waals surface area contributed by atoms with E-state index in [0.717, 1.165) is 24.3 Å². The van der Waals surface area contributed by atoms with Crippen molar-refractivity contribution in [2.45, 2.75) is 25.8 Å². The van der Waals surface area contributed by atoms with Gasteiger partial charge in [-0.2, -0.15) is 0 Å². The molecule has 18 heavy (non-hydrogen) atoms. The summed E-state index contributed by atoms with van der Waals surface area (Å²) < 4.78 is 5.67. The van der Waals surface area contributed by atoms with E-state index in [1.165, 1.54) is 5.56 Å². The highest BCUT2D eigenvalue weighted by molar-refractivity contribution is 5.32. The van der Waals surface area contributed by atoms with Gasteiger partial charge in [0.2, 0.25) is 0 Å². The summed E-state index contributed by atoms with van der Waals surface area (Å²) in [7, 11) is 0. The van der Waals surface area contributed by atoms with Crippen LogP contribution in [0.5, 0.6) is 11.5 Å². The molecule has 0 aliphatic rings. The van der Waals surface area contributed by atoms with Crippen LogP contribution in [0.3, 0.4) is 0 Å². The SMILES string of the molecule is CCC(N)Cc1ccc(Oc2cccnc2)cc1. The standard InChI is InChI=1S/C15H18N2O/c1-2-13(16)10-12-5-7-14(8-6-12)18-15-4-3-9-17-11-15/h3-9,11,13H,2,10,16H2,1H3. The molecular weight excluding hydrogens is 224 g/mol. The van der Waals surface area contributed by atoms with E-state index in [0.29, 0.717) is 0 Å². The molecule has 1 aromatic carbocycles. The predicted molar refractivity (Wildman–Crippen MR) is 72.7 cm³/mol. The predicted octanol–water partition coefficient (Wildman–Crippen LogP) is 3.15. The van der Waals surface area contributed by atoms with Crippen molar-refractivity contribution in [3.8, 4) is 11.5 Å². The molecule has 3 heteroatoms. The molecule has 0 bridgehead atoms. The van der Waals surface area contributed by atoms with E-state index >= 15 is 0 Å². The summed E-state index contributed by atoms with van der Waals surface area (Å²) in [5.41, 5.74) is 7.17. The Labute approximate surface area is 108 Å². The minimum atomic E-state index is 0.232. The molecular formula is C15H18N2O. The van der Waals surface area contributed by atoms with E-state index in [1.807, 2.05) is 24.3 Å². The van der Waals surface area contributed by atoms with Gasteiger partial charge in [-0.05, 0) is 42.7 Å². The zero-order valence-electron chi connectivity index (χ0n) is 10.5. The van der Waals surface area contributed by atoms with Crippen molar-refractivity contribution >= 4 is 0 Å². The van der Waals surface area contributed by atoms with Crippen molar-refractivity contribution in [2.24, 2.45) is 5.73 Å². The van der Waals surface area contributed by atoms with Crippen LogP contribution in [0.25, 0.3) is 0 Å². The molecule has 0 amide bonds. The van der Waals surface area contributed by atoms with Gasteiger partial charge in [-0.1, -0.05) is 19.1 Å². The van der Waals surface area contributed by atoms with Gasteiger partial charge >= 0.3 is 0 Å². The zero-order chi connectivity index (χ0) is 12.8. The van der Waals surface area contributed by atoms with E-state index in [2.05, 4.69) is 24.0 Å². The Morgan fingerprint density at radius 2 is 1.94 bits per heavy atom. The molecule has 94 valence electrons. The van der Waals surface area contributed by atoms with Gasteiger partial charge in [-0.25, -0.2) is 0 Å². The van der Waals surface area contributed by atoms with Gasteiger partial charge in [0.05, 0.1) is 6.20 Å². The number of nitrogens with two attached hydrogens (primary N) is 1. The minimum absolute atomic E-state index is 0.232. The topological polar surface area (TPSA) is 48.1 Å². The third kappa shape index (κ3) is 3.57. The van der Waals surface area contributed by atoms with Gasteiger partial charge in [0.1, 0.15) is 11.5 Å². The third-order valence-electron chi connectivity index (χ3n) is 2.82. The average molecular weight is 242 g/mol. The second-order valence-corrected chi connectivity index (χ2v) is 4.31. The fourth-order valence-electron chi connectivity index (χ4n) is 1.68. The summed E-state index contributed by atoms with van der Waals surface area (Å²) in [6, 6.07) is 12.0. The molecule has 0 saturated heterocycles. The van der Waals surface area contributed by atoms with Crippen LogP contribution in [0.15, 0.2) is 48.8 Å². The number of hydrogen-bond acceptors (Lipinski definition) is 3. The lowest BCUT2D eigenvalue weighted by Gasteiger charge is -2.09. The Morgan fingerprint density at radius 1 is 1.17 bits per heavy atom. The first-order valence-corrected chi connectivity index (χ1v) is 6.20. The van der Waals surface area contributed by atoms with Gasteiger partial charge in [0.15, 0.2) is 0 Å². The summed E-state index contributed by atoms with van der Waals surface area (Å²) in [6.07, 6.45) is 5.32.